The van der Waals surface area contributed by atoms with Crippen molar-refractivity contribution in [2.75, 3.05) is 18.9 Å². The van der Waals surface area contributed by atoms with Crippen LogP contribution in [0, 0.1) is 5.92 Å². The number of rotatable bonds is 6. The van der Waals surface area contributed by atoms with Crippen molar-refractivity contribution in [1.82, 2.24) is 4.90 Å². The molecule has 1 aromatic rings. The van der Waals surface area contributed by atoms with Gasteiger partial charge in [0.2, 0.25) is 0 Å². The third-order valence-corrected chi connectivity index (χ3v) is 2.94. The number of hydrogen-bond acceptors (Lipinski definition) is 2. The second-order valence-corrected chi connectivity index (χ2v) is 5.33. The summed E-state index contributed by atoms with van der Waals surface area (Å²) in [5, 5.41) is 11.4. The molecule has 5 heteroatoms. The summed E-state index contributed by atoms with van der Waals surface area (Å²) in [5.41, 5.74) is 1.36. The minimum Gasteiger partial charge on any atom is -0.478 e. The van der Waals surface area contributed by atoms with E-state index in [0.717, 1.165) is 18.1 Å². The lowest BCUT2D eigenvalue weighted by molar-refractivity contribution is -0.131. The van der Waals surface area contributed by atoms with Crippen LogP contribution in [0.15, 0.2) is 30.3 Å². The molecule has 1 aromatic carbocycles. The summed E-state index contributed by atoms with van der Waals surface area (Å²) in [4.78, 5) is 24.1. The molecule has 2 amide bonds. The van der Waals surface area contributed by atoms with Crippen LogP contribution in [0.25, 0.3) is 6.08 Å². The number of hydrogen-bond donors (Lipinski definition) is 2. The fourth-order valence-electron chi connectivity index (χ4n) is 1.66. The molecular weight excluding hydrogens is 268 g/mol. The van der Waals surface area contributed by atoms with Crippen LogP contribution >= 0.6 is 0 Å². The molecule has 5 nitrogen and oxygen atoms in total. The van der Waals surface area contributed by atoms with Crippen LogP contribution in [0.5, 0.6) is 0 Å². The van der Waals surface area contributed by atoms with E-state index in [1.54, 1.807) is 36.2 Å². The second-order valence-electron chi connectivity index (χ2n) is 5.33. The lowest BCUT2D eigenvalue weighted by Gasteiger charge is -2.19. The van der Waals surface area contributed by atoms with Crippen molar-refractivity contribution >= 4 is 23.8 Å². The Kier molecular flexibility index (Phi) is 6.46. The van der Waals surface area contributed by atoms with Crippen molar-refractivity contribution in [3.8, 4) is 0 Å². The Morgan fingerprint density at radius 2 is 2.10 bits per heavy atom. The number of benzene rings is 1. The number of nitrogens with zero attached hydrogens (tertiary/aromatic N) is 1. The standard InChI is InChI=1S/C16H22N2O3/c1-12(2)9-10-18(3)16(21)17-14-6-4-5-13(11-14)7-8-15(19)20/h4-8,11-12H,9-10H2,1-3H3,(H,17,21)(H,19,20)/b8-7+. The average Bonchev–Trinajstić information content (AvgIpc) is 2.42. The number of amides is 2. The molecule has 0 aliphatic carbocycles. The van der Waals surface area contributed by atoms with Gasteiger partial charge in [0.15, 0.2) is 0 Å². The molecule has 0 bridgehead atoms. The Labute approximate surface area is 125 Å². The number of carbonyl (C=O) groups excluding carboxylic acids is 1. The average molecular weight is 290 g/mol. The van der Waals surface area contributed by atoms with E-state index in [-0.39, 0.29) is 6.03 Å². The summed E-state index contributed by atoms with van der Waals surface area (Å²) in [5.74, 6) is -0.456. The van der Waals surface area contributed by atoms with Gasteiger partial charge in [-0.2, -0.15) is 0 Å². The fraction of sp³-hybridized carbons (Fsp3) is 0.375. The van der Waals surface area contributed by atoms with Crippen LogP contribution in [0.4, 0.5) is 10.5 Å². The normalized spacial score (nSPS) is 10.9. The molecule has 0 unspecified atom stereocenters. The smallest absolute Gasteiger partial charge is 0.328 e. The predicted octanol–water partition coefficient (Wildman–Crippen LogP) is 3.29. The molecule has 0 saturated heterocycles. The third-order valence-electron chi connectivity index (χ3n) is 2.94. The van der Waals surface area contributed by atoms with Gasteiger partial charge < -0.3 is 15.3 Å². The first kappa shape index (κ1) is 16.8. The SMILES string of the molecule is CC(C)CCN(C)C(=O)Nc1cccc(/C=C/C(=O)O)c1. The summed E-state index contributed by atoms with van der Waals surface area (Å²) < 4.78 is 0. The van der Waals surface area contributed by atoms with Crippen LogP contribution in [0.1, 0.15) is 25.8 Å². The van der Waals surface area contributed by atoms with Crippen LogP contribution in [-0.4, -0.2) is 35.6 Å². The number of carbonyl (C=O) groups is 2. The highest BCUT2D eigenvalue weighted by Gasteiger charge is 2.09. The highest BCUT2D eigenvalue weighted by molar-refractivity contribution is 5.90. The number of anilines is 1. The molecule has 21 heavy (non-hydrogen) atoms. The van der Waals surface area contributed by atoms with Crippen molar-refractivity contribution < 1.29 is 14.7 Å². The maximum atomic E-state index is 12.0. The van der Waals surface area contributed by atoms with Gasteiger partial charge in [-0.1, -0.05) is 26.0 Å². The summed E-state index contributed by atoms with van der Waals surface area (Å²) in [7, 11) is 1.76. The van der Waals surface area contributed by atoms with Crippen molar-refractivity contribution in [3.05, 3.63) is 35.9 Å². The second kappa shape index (κ2) is 8.09. The first-order chi connectivity index (χ1) is 9.88. The Hall–Kier alpha value is -2.30. The van der Waals surface area contributed by atoms with Gasteiger partial charge in [0.1, 0.15) is 0 Å². The number of carboxylic acids is 1. The maximum absolute atomic E-state index is 12.0. The Morgan fingerprint density at radius 1 is 1.38 bits per heavy atom. The van der Waals surface area contributed by atoms with Gasteiger partial charge >= 0.3 is 12.0 Å². The third kappa shape index (κ3) is 6.61. The van der Waals surface area contributed by atoms with E-state index in [0.29, 0.717) is 18.2 Å². The molecular formula is C16H22N2O3. The Bertz CT molecular complexity index is 524. The van der Waals surface area contributed by atoms with Crippen LogP contribution in [0.3, 0.4) is 0 Å². The lowest BCUT2D eigenvalue weighted by Crippen LogP contribution is -2.32. The number of aliphatic carboxylic acids is 1. The van der Waals surface area contributed by atoms with Gasteiger partial charge in [-0.3, -0.25) is 0 Å². The van der Waals surface area contributed by atoms with E-state index >= 15 is 0 Å². The topological polar surface area (TPSA) is 69.6 Å². The van der Waals surface area contributed by atoms with Crippen molar-refractivity contribution in [1.29, 1.82) is 0 Å². The Morgan fingerprint density at radius 3 is 2.71 bits per heavy atom. The van der Waals surface area contributed by atoms with E-state index in [9.17, 15) is 9.59 Å². The quantitative estimate of drug-likeness (QED) is 0.790. The molecule has 0 saturated carbocycles. The Balaban J connectivity index is 2.63. The monoisotopic (exact) mass is 290 g/mol. The molecule has 0 spiro atoms. The largest absolute Gasteiger partial charge is 0.478 e. The number of nitrogens with one attached hydrogen (secondary N) is 1. The number of urea groups is 1. The van der Waals surface area contributed by atoms with Crippen LogP contribution in [-0.2, 0) is 4.79 Å². The molecule has 0 aliphatic heterocycles. The first-order valence-electron chi connectivity index (χ1n) is 6.91. The highest BCUT2D eigenvalue weighted by Crippen LogP contribution is 2.13. The molecule has 0 atom stereocenters. The zero-order valence-electron chi connectivity index (χ0n) is 12.7. The van der Waals surface area contributed by atoms with Gasteiger partial charge in [0.25, 0.3) is 0 Å². The first-order valence-corrected chi connectivity index (χ1v) is 6.91. The van der Waals surface area contributed by atoms with Crippen molar-refractivity contribution in [3.63, 3.8) is 0 Å². The van der Waals surface area contributed by atoms with Gasteiger partial charge in [0, 0.05) is 25.4 Å². The molecule has 0 aromatic heterocycles. The zero-order chi connectivity index (χ0) is 15.8. The molecule has 0 radical (unpaired) electrons. The zero-order valence-corrected chi connectivity index (χ0v) is 12.7. The lowest BCUT2D eigenvalue weighted by atomic mass is 10.1. The van der Waals surface area contributed by atoms with E-state index in [4.69, 9.17) is 5.11 Å². The molecule has 1 rings (SSSR count). The summed E-state index contributed by atoms with van der Waals surface area (Å²) in [6, 6.07) is 6.87. The van der Waals surface area contributed by atoms with Crippen molar-refractivity contribution in [2.24, 2.45) is 5.92 Å². The maximum Gasteiger partial charge on any atom is 0.328 e. The van der Waals surface area contributed by atoms with Gasteiger partial charge in [-0.05, 0) is 36.1 Å². The molecule has 0 fully saturated rings. The fourth-order valence-corrected chi connectivity index (χ4v) is 1.66. The summed E-state index contributed by atoms with van der Waals surface area (Å²) in [6.45, 7) is 4.93. The molecule has 0 heterocycles. The summed E-state index contributed by atoms with van der Waals surface area (Å²) >= 11 is 0. The minimum atomic E-state index is -1.00. The van der Waals surface area contributed by atoms with Gasteiger partial charge in [0.05, 0.1) is 0 Å². The highest BCUT2D eigenvalue weighted by atomic mass is 16.4. The molecule has 2 N–H and O–H groups in total. The van der Waals surface area contributed by atoms with E-state index in [1.165, 1.54) is 6.08 Å². The van der Waals surface area contributed by atoms with Gasteiger partial charge in [-0.15, -0.1) is 0 Å². The minimum absolute atomic E-state index is 0.171. The van der Waals surface area contributed by atoms with E-state index < -0.39 is 5.97 Å². The molecule has 114 valence electrons. The molecule has 0 aliphatic rings. The van der Waals surface area contributed by atoms with E-state index in [2.05, 4.69) is 19.2 Å². The summed E-state index contributed by atoms with van der Waals surface area (Å²) in [6.07, 6.45) is 3.50. The predicted molar refractivity (Wildman–Crippen MR) is 84.2 cm³/mol. The number of carboxylic acid groups (broad SMARTS) is 1. The van der Waals surface area contributed by atoms with E-state index in [1.807, 2.05) is 0 Å². The van der Waals surface area contributed by atoms with Crippen LogP contribution < -0.4 is 5.32 Å². The van der Waals surface area contributed by atoms with Gasteiger partial charge in [-0.25, -0.2) is 9.59 Å². The van der Waals surface area contributed by atoms with Crippen LogP contribution in [0.2, 0.25) is 0 Å². The van der Waals surface area contributed by atoms with Crippen molar-refractivity contribution in [2.45, 2.75) is 20.3 Å².